The van der Waals surface area contributed by atoms with Crippen LogP contribution in [0.4, 0.5) is 0 Å². The molecule has 0 aromatic heterocycles. The maximum absolute atomic E-state index is 4.90. The SMILES string of the molecule is C#COCC[Si](C)(C)C. The Morgan fingerprint density at radius 2 is 2.00 bits per heavy atom. The van der Waals surface area contributed by atoms with Gasteiger partial charge in [0.2, 0.25) is 0 Å². The lowest BCUT2D eigenvalue weighted by atomic mass is 10.8. The van der Waals surface area contributed by atoms with Gasteiger partial charge in [0, 0.05) is 8.07 Å². The molecule has 52 valence electrons. The molecule has 0 aromatic carbocycles. The molecule has 0 saturated carbocycles. The van der Waals surface area contributed by atoms with Crippen molar-refractivity contribution in [2.45, 2.75) is 25.7 Å². The van der Waals surface area contributed by atoms with Crippen molar-refractivity contribution in [2.24, 2.45) is 0 Å². The molecule has 0 saturated heterocycles. The van der Waals surface area contributed by atoms with E-state index in [4.69, 9.17) is 11.2 Å². The summed E-state index contributed by atoms with van der Waals surface area (Å²) < 4.78 is 4.77. The van der Waals surface area contributed by atoms with E-state index in [-0.39, 0.29) is 0 Å². The van der Waals surface area contributed by atoms with Gasteiger partial charge in [0.05, 0.1) is 6.61 Å². The number of ether oxygens (including phenoxy) is 1. The Kier molecular flexibility index (Phi) is 3.41. The van der Waals surface area contributed by atoms with E-state index in [1.165, 1.54) is 0 Å². The quantitative estimate of drug-likeness (QED) is 0.332. The Labute approximate surface area is 58.4 Å². The topological polar surface area (TPSA) is 9.23 Å². The van der Waals surface area contributed by atoms with Crippen LogP contribution < -0.4 is 0 Å². The highest BCUT2D eigenvalue weighted by atomic mass is 28.3. The maximum Gasteiger partial charge on any atom is 0.106 e. The van der Waals surface area contributed by atoms with E-state index in [2.05, 4.69) is 25.7 Å². The Morgan fingerprint density at radius 1 is 1.44 bits per heavy atom. The van der Waals surface area contributed by atoms with E-state index in [9.17, 15) is 0 Å². The summed E-state index contributed by atoms with van der Waals surface area (Å²) >= 11 is 0. The maximum atomic E-state index is 4.90. The lowest BCUT2D eigenvalue weighted by Gasteiger charge is -2.13. The van der Waals surface area contributed by atoms with Gasteiger partial charge >= 0.3 is 0 Å². The number of rotatable bonds is 3. The van der Waals surface area contributed by atoms with Crippen LogP contribution >= 0.6 is 0 Å². The van der Waals surface area contributed by atoms with Crippen molar-refractivity contribution in [3.8, 4) is 12.5 Å². The molecule has 0 amide bonds. The van der Waals surface area contributed by atoms with E-state index < -0.39 is 8.07 Å². The molecule has 0 spiro atoms. The largest absolute Gasteiger partial charge is 0.447 e. The van der Waals surface area contributed by atoms with Crippen LogP contribution in [0.15, 0.2) is 0 Å². The van der Waals surface area contributed by atoms with Gasteiger partial charge < -0.3 is 4.74 Å². The van der Waals surface area contributed by atoms with E-state index in [1.807, 2.05) is 0 Å². The second-order valence-electron chi connectivity index (χ2n) is 3.28. The summed E-state index contributed by atoms with van der Waals surface area (Å²) in [5.41, 5.74) is 0. The molecular formula is C7H14OSi. The van der Waals surface area contributed by atoms with Crippen molar-refractivity contribution < 1.29 is 4.74 Å². The van der Waals surface area contributed by atoms with Gasteiger partial charge in [-0.3, -0.25) is 0 Å². The third-order valence-corrected chi connectivity index (χ3v) is 2.74. The summed E-state index contributed by atoms with van der Waals surface area (Å²) in [5.74, 6) is 0. The van der Waals surface area contributed by atoms with Crippen LogP contribution in [0.25, 0.3) is 0 Å². The van der Waals surface area contributed by atoms with Gasteiger partial charge in [0.25, 0.3) is 0 Å². The minimum absolute atomic E-state index is 0.728. The molecule has 0 atom stereocenters. The first-order valence-corrected chi connectivity index (χ1v) is 6.84. The predicted molar refractivity (Wildman–Crippen MR) is 42.9 cm³/mol. The van der Waals surface area contributed by atoms with Gasteiger partial charge in [0.15, 0.2) is 0 Å². The molecule has 0 rings (SSSR count). The normalized spacial score (nSPS) is 10.4. The van der Waals surface area contributed by atoms with Crippen LogP contribution in [0.5, 0.6) is 0 Å². The number of terminal acetylenes is 1. The van der Waals surface area contributed by atoms with Gasteiger partial charge in [-0.2, -0.15) is 0 Å². The predicted octanol–water partition coefficient (Wildman–Crippen LogP) is 1.93. The van der Waals surface area contributed by atoms with Crippen LogP contribution in [0.1, 0.15) is 0 Å². The van der Waals surface area contributed by atoms with Crippen molar-refractivity contribution in [1.29, 1.82) is 0 Å². The molecule has 9 heavy (non-hydrogen) atoms. The van der Waals surface area contributed by atoms with Crippen LogP contribution in [-0.4, -0.2) is 14.7 Å². The van der Waals surface area contributed by atoms with Crippen LogP contribution in [0.3, 0.4) is 0 Å². The fraction of sp³-hybridized carbons (Fsp3) is 0.714. The molecule has 0 unspecified atom stereocenters. The Bertz CT molecular complexity index is 107. The average molecular weight is 142 g/mol. The van der Waals surface area contributed by atoms with E-state index in [1.54, 1.807) is 0 Å². The minimum Gasteiger partial charge on any atom is -0.447 e. The molecule has 0 radical (unpaired) electrons. The van der Waals surface area contributed by atoms with Gasteiger partial charge in [-0.1, -0.05) is 26.1 Å². The summed E-state index contributed by atoms with van der Waals surface area (Å²) in [6, 6.07) is 1.15. The van der Waals surface area contributed by atoms with Crippen molar-refractivity contribution in [3.63, 3.8) is 0 Å². The molecule has 0 aliphatic heterocycles. The highest BCUT2D eigenvalue weighted by molar-refractivity contribution is 6.76. The van der Waals surface area contributed by atoms with Gasteiger partial charge in [0.1, 0.15) is 6.11 Å². The van der Waals surface area contributed by atoms with E-state index >= 15 is 0 Å². The molecule has 0 heterocycles. The molecule has 0 aliphatic rings. The molecular weight excluding hydrogens is 128 g/mol. The summed E-state index contributed by atoms with van der Waals surface area (Å²) in [6.07, 6.45) is 7.06. The fourth-order valence-corrected chi connectivity index (χ4v) is 1.13. The second-order valence-corrected chi connectivity index (χ2v) is 8.90. The summed E-state index contributed by atoms with van der Waals surface area (Å²) in [4.78, 5) is 0. The van der Waals surface area contributed by atoms with Gasteiger partial charge in [-0.25, -0.2) is 0 Å². The Morgan fingerprint density at radius 3 is 2.33 bits per heavy atom. The first kappa shape index (κ1) is 8.58. The monoisotopic (exact) mass is 142 g/mol. The highest BCUT2D eigenvalue weighted by Crippen LogP contribution is 2.06. The summed E-state index contributed by atoms with van der Waals surface area (Å²) in [5, 5.41) is 0. The third kappa shape index (κ3) is 7.58. The number of hydrogen-bond donors (Lipinski definition) is 0. The van der Waals surface area contributed by atoms with Crippen molar-refractivity contribution in [1.82, 2.24) is 0 Å². The molecule has 0 N–H and O–H groups in total. The molecule has 0 aliphatic carbocycles. The second kappa shape index (κ2) is 3.57. The molecule has 0 aromatic rings. The van der Waals surface area contributed by atoms with Gasteiger partial charge in [-0.15, -0.1) is 0 Å². The van der Waals surface area contributed by atoms with E-state index in [0.717, 1.165) is 12.7 Å². The molecule has 0 bridgehead atoms. The average Bonchev–Trinajstić information content (AvgIpc) is 1.63. The van der Waals surface area contributed by atoms with Crippen molar-refractivity contribution in [2.75, 3.05) is 6.61 Å². The standard InChI is InChI=1S/C7H14OSi/c1-5-8-6-7-9(2,3)4/h1H,6-7H2,2-4H3. The zero-order chi connectivity index (χ0) is 7.33. The number of hydrogen-bond acceptors (Lipinski definition) is 1. The fourth-order valence-electron chi connectivity index (χ4n) is 0.416. The first-order chi connectivity index (χ1) is 4.06. The lowest BCUT2D eigenvalue weighted by molar-refractivity contribution is 0.298. The smallest absolute Gasteiger partial charge is 0.106 e. The Balaban J connectivity index is 3.20. The van der Waals surface area contributed by atoms with Crippen LogP contribution in [0, 0.1) is 12.5 Å². The van der Waals surface area contributed by atoms with Crippen molar-refractivity contribution in [3.05, 3.63) is 0 Å². The zero-order valence-corrected chi connectivity index (χ0v) is 7.40. The summed E-state index contributed by atoms with van der Waals surface area (Å²) in [7, 11) is -0.915. The molecule has 0 fully saturated rings. The van der Waals surface area contributed by atoms with Crippen molar-refractivity contribution >= 4 is 8.07 Å². The highest BCUT2D eigenvalue weighted by Gasteiger charge is 2.11. The van der Waals surface area contributed by atoms with Crippen LogP contribution in [-0.2, 0) is 4.74 Å². The van der Waals surface area contributed by atoms with Crippen LogP contribution in [0.2, 0.25) is 25.7 Å². The minimum atomic E-state index is -0.915. The third-order valence-electron chi connectivity index (χ3n) is 1.04. The lowest BCUT2D eigenvalue weighted by Crippen LogP contribution is -2.21. The summed E-state index contributed by atoms with van der Waals surface area (Å²) in [6.45, 7) is 7.62. The van der Waals surface area contributed by atoms with Gasteiger partial charge in [-0.05, 0) is 6.04 Å². The first-order valence-electron chi connectivity index (χ1n) is 3.14. The molecule has 2 heteroatoms. The molecule has 1 nitrogen and oxygen atoms in total. The Hall–Kier alpha value is -0.423. The zero-order valence-electron chi connectivity index (χ0n) is 6.40. The van der Waals surface area contributed by atoms with E-state index in [0.29, 0.717) is 0 Å².